The van der Waals surface area contributed by atoms with E-state index in [0.29, 0.717) is 6.04 Å². The predicted molar refractivity (Wildman–Crippen MR) is 141 cm³/mol. The number of aromatic amines is 1. The van der Waals surface area contributed by atoms with Gasteiger partial charge in [-0.25, -0.2) is 10.2 Å². The van der Waals surface area contributed by atoms with Crippen LogP contribution in [0.4, 0.5) is 0 Å². The molecule has 1 aliphatic carbocycles. The minimum absolute atomic E-state index is 0.327. The fourth-order valence-corrected chi connectivity index (χ4v) is 5.35. The number of nitrogens with one attached hydrogen (secondary N) is 2. The second kappa shape index (κ2) is 10.5. The highest BCUT2D eigenvalue weighted by atomic mass is 16.5. The fraction of sp³-hybridized carbons (Fsp3) is 0.345. The van der Waals surface area contributed by atoms with Gasteiger partial charge in [0.1, 0.15) is 0 Å². The second-order valence-electron chi connectivity index (χ2n) is 9.36. The van der Waals surface area contributed by atoms with E-state index < -0.39 is 0 Å². The summed E-state index contributed by atoms with van der Waals surface area (Å²) in [7, 11) is 1.40. The van der Waals surface area contributed by atoms with E-state index in [1.54, 1.807) is 0 Å². The molecule has 35 heavy (non-hydrogen) atoms. The average molecular weight is 471 g/mol. The Morgan fingerprint density at radius 2 is 2.14 bits per heavy atom. The van der Waals surface area contributed by atoms with Crippen molar-refractivity contribution in [1.82, 2.24) is 20.3 Å². The highest BCUT2D eigenvalue weighted by Gasteiger charge is 2.29. The maximum Gasteiger partial charge on any atom is 0.330 e. The molecule has 0 saturated heterocycles. The number of ether oxygens (including phenoxy) is 1. The summed E-state index contributed by atoms with van der Waals surface area (Å²) in [6.07, 6.45) is 10.9. The maximum absolute atomic E-state index is 11.5. The maximum atomic E-state index is 11.5. The molecule has 0 bridgehead atoms. The van der Waals surface area contributed by atoms with Crippen molar-refractivity contribution in [3.63, 3.8) is 0 Å². The third kappa shape index (κ3) is 5.19. The number of hydrogen-bond acceptors (Lipinski definition) is 5. The summed E-state index contributed by atoms with van der Waals surface area (Å²) in [5.41, 5.74) is 11.3. The number of H-pyrrole nitrogens is 1. The van der Waals surface area contributed by atoms with Crippen molar-refractivity contribution in [3.8, 4) is 0 Å². The van der Waals surface area contributed by atoms with Crippen molar-refractivity contribution < 1.29 is 9.53 Å². The molecule has 182 valence electrons. The molecule has 0 saturated carbocycles. The predicted octanol–water partition coefficient (Wildman–Crippen LogP) is 4.61. The molecule has 2 N–H and O–H groups in total. The van der Waals surface area contributed by atoms with Gasteiger partial charge in [0.15, 0.2) is 0 Å². The molecule has 0 radical (unpaired) electrons. The number of aryl methyl sites for hydroxylation is 1. The second-order valence-corrected chi connectivity index (χ2v) is 9.36. The molecule has 1 atom stereocenters. The van der Waals surface area contributed by atoms with Crippen LogP contribution in [-0.4, -0.2) is 54.2 Å². The van der Waals surface area contributed by atoms with Crippen molar-refractivity contribution in [2.24, 2.45) is 0 Å². The molecule has 6 heteroatoms. The van der Waals surface area contributed by atoms with Crippen LogP contribution in [0.3, 0.4) is 0 Å². The van der Waals surface area contributed by atoms with E-state index in [-0.39, 0.29) is 5.97 Å². The quantitative estimate of drug-likeness (QED) is 0.353. The van der Waals surface area contributed by atoms with E-state index in [1.807, 2.05) is 6.08 Å². The Morgan fingerprint density at radius 3 is 2.97 bits per heavy atom. The van der Waals surface area contributed by atoms with Gasteiger partial charge in [0, 0.05) is 61.6 Å². The highest BCUT2D eigenvalue weighted by molar-refractivity contribution is 5.87. The molecule has 0 amide bonds. The van der Waals surface area contributed by atoms with E-state index in [4.69, 9.17) is 4.74 Å². The first kappa shape index (κ1) is 23.4. The van der Waals surface area contributed by atoms with Crippen LogP contribution in [-0.2, 0) is 22.4 Å². The van der Waals surface area contributed by atoms with Gasteiger partial charge in [-0.05, 0) is 66.2 Å². The van der Waals surface area contributed by atoms with Crippen molar-refractivity contribution in [2.75, 3.05) is 33.3 Å². The minimum atomic E-state index is -0.327. The van der Waals surface area contributed by atoms with Gasteiger partial charge in [0.2, 0.25) is 0 Å². The van der Waals surface area contributed by atoms with Crippen molar-refractivity contribution in [2.45, 2.75) is 32.2 Å². The van der Waals surface area contributed by atoms with Crippen LogP contribution in [0.1, 0.15) is 41.6 Å². The summed E-state index contributed by atoms with van der Waals surface area (Å²) < 4.78 is 4.73. The molecular formula is C29H34N4O2. The number of benzene rings is 2. The van der Waals surface area contributed by atoms with Crippen molar-refractivity contribution >= 4 is 22.9 Å². The normalized spacial score (nSPS) is 17.5. The summed E-state index contributed by atoms with van der Waals surface area (Å²) in [4.78, 5) is 17.6. The third-order valence-electron chi connectivity index (χ3n) is 7.20. The summed E-state index contributed by atoms with van der Waals surface area (Å²) in [6.45, 7) is 6.00. The van der Waals surface area contributed by atoms with Gasteiger partial charge < -0.3 is 14.7 Å². The number of hydrogen-bond donors (Lipinski definition) is 2. The Hall–Kier alpha value is -3.35. The van der Waals surface area contributed by atoms with Gasteiger partial charge in [-0.1, -0.05) is 36.4 Å². The van der Waals surface area contributed by atoms with Crippen LogP contribution in [0.5, 0.6) is 0 Å². The van der Waals surface area contributed by atoms with Crippen molar-refractivity contribution in [1.29, 1.82) is 0 Å². The average Bonchev–Trinajstić information content (AvgIpc) is 3.63. The van der Waals surface area contributed by atoms with E-state index in [2.05, 4.69) is 82.1 Å². The summed E-state index contributed by atoms with van der Waals surface area (Å²) in [6, 6.07) is 15.5. The molecule has 2 heterocycles. The summed E-state index contributed by atoms with van der Waals surface area (Å²) in [5, 5.41) is 3.50. The van der Waals surface area contributed by atoms with Gasteiger partial charge in [0.05, 0.1) is 7.11 Å². The molecule has 2 aliphatic rings. The largest absolute Gasteiger partial charge is 0.466 e. The van der Waals surface area contributed by atoms with Crippen LogP contribution < -0.4 is 5.43 Å². The van der Waals surface area contributed by atoms with Crippen LogP contribution in [0.25, 0.3) is 17.0 Å². The number of rotatable bonds is 9. The van der Waals surface area contributed by atoms with Gasteiger partial charge >= 0.3 is 5.97 Å². The lowest BCUT2D eigenvalue weighted by molar-refractivity contribution is -0.134. The topological polar surface area (TPSA) is 60.6 Å². The number of carbonyl (C=O) groups excluding carboxylic acids is 1. The molecular weight excluding hydrogens is 436 g/mol. The number of hydrazine groups is 1. The Labute approximate surface area is 207 Å². The van der Waals surface area contributed by atoms with E-state index in [0.717, 1.165) is 51.0 Å². The minimum Gasteiger partial charge on any atom is -0.466 e. The van der Waals surface area contributed by atoms with Crippen LogP contribution in [0.2, 0.25) is 0 Å². The molecule has 6 nitrogen and oxygen atoms in total. The number of nitrogens with zero attached hydrogens (tertiary/aromatic N) is 2. The zero-order valence-electron chi connectivity index (χ0n) is 20.6. The standard InChI is InChI=1S/C29H34N4O2/c1-3-33-20-22(17-31-33)19-32(15-14-24-18-30-27-7-5-4-6-25(24)27)28-12-10-23-16-21(8-11-26(23)28)9-13-29(34)35-2/h4-9,11,13,16,18,20,28,30-31H,3,10,12,14-15,17,19H2,1-2H3/b13-9+. The monoisotopic (exact) mass is 470 g/mol. The molecule has 0 spiro atoms. The Bertz CT molecular complexity index is 1260. The van der Waals surface area contributed by atoms with Gasteiger partial charge in [0.25, 0.3) is 0 Å². The van der Waals surface area contributed by atoms with E-state index >= 15 is 0 Å². The smallest absolute Gasteiger partial charge is 0.330 e. The van der Waals surface area contributed by atoms with Gasteiger partial charge in [-0.3, -0.25) is 4.90 Å². The molecule has 0 fully saturated rings. The first-order valence-corrected chi connectivity index (χ1v) is 12.5. The zero-order valence-corrected chi connectivity index (χ0v) is 20.6. The molecule has 5 rings (SSSR count). The number of para-hydroxylation sites is 1. The summed E-state index contributed by atoms with van der Waals surface area (Å²) in [5.74, 6) is -0.327. The molecule has 1 aliphatic heterocycles. The van der Waals surface area contributed by atoms with E-state index in [9.17, 15) is 4.79 Å². The third-order valence-corrected chi connectivity index (χ3v) is 7.20. The number of carbonyl (C=O) groups is 1. The molecule has 1 aromatic heterocycles. The number of fused-ring (bicyclic) bond motifs is 2. The van der Waals surface area contributed by atoms with E-state index in [1.165, 1.54) is 46.4 Å². The lowest BCUT2D eigenvalue weighted by Gasteiger charge is -2.30. The van der Waals surface area contributed by atoms with Crippen molar-refractivity contribution in [3.05, 3.63) is 88.8 Å². The molecule has 3 aromatic rings. The number of methoxy groups -OCH3 is 1. The number of esters is 1. The lowest BCUT2D eigenvalue weighted by atomic mass is 10.0. The SMILES string of the molecule is CCN1C=C(CN(CCc2c[nH]c3ccccc23)C2CCc3cc(/C=C/C(=O)OC)ccc32)CN1. The first-order chi connectivity index (χ1) is 17.1. The first-order valence-electron chi connectivity index (χ1n) is 12.5. The lowest BCUT2D eigenvalue weighted by Crippen LogP contribution is -2.33. The van der Waals surface area contributed by atoms with Crippen LogP contribution in [0, 0.1) is 0 Å². The Balaban J connectivity index is 1.37. The molecule has 2 aromatic carbocycles. The number of aromatic nitrogens is 1. The highest BCUT2D eigenvalue weighted by Crippen LogP contribution is 2.37. The Kier molecular flexibility index (Phi) is 7.02. The fourth-order valence-electron chi connectivity index (χ4n) is 5.35. The zero-order chi connectivity index (χ0) is 24.2. The summed E-state index contributed by atoms with van der Waals surface area (Å²) >= 11 is 0. The van der Waals surface area contributed by atoms with Crippen LogP contribution >= 0.6 is 0 Å². The van der Waals surface area contributed by atoms with Crippen LogP contribution in [0.15, 0.2) is 66.5 Å². The molecule has 1 unspecified atom stereocenters. The Morgan fingerprint density at radius 1 is 1.26 bits per heavy atom. The van der Waals surface area contributed by atoms with Gasteiger partial charge in [-0.2, -0.15) is 0 Å². The van der Waals surface area contributed by atoms with Gasteiger partial charge in [-0.15, -0.1) is 0 Å².